The molecule has 1 unspecified atom stereocenters. The van der Waals surface area contributed by atoms with E-state index in [1.165, 1.54) is 148 Å². The number of carbonyl (C=O) groups is 3. The molecule has 0 radical (unpaired) electrons. The Hall–Kier alpha value is -2.63. The van der Waals surface area contributed by atoms with E-state index >= 15 is 0 Å². The third kappa shape index (κ3) is 50.2. The van der Waals surface area contributed by atoms with Gasteiger partial charge in [-0.05, 0) is 83.5 Å². The fourth-order valence-corrected chi connectivity index (χ4v) is 7.68. The minimum Gasteiger partial charge on any atom is -0.462 e. The molecule has 0 bridgehead atoms. The van der Waals surface area contributed by atoms with E-state index in [-0.39, 0.29) is 31.1 Å². The van der Waals surface area contributed by atoms with Crippen LogP contribution in [0.4, 0.5) is 0 Å². The zero-order valence-electron chi connectivity index (χ0n) is 41.8. The molecule has 0 aromatic rings. The highest BCUT2D eigenvalue weighted by Gasteiger charge is 2.19. The van der Waals surface area contributed by atoms with Crippen LogP contribution in [-0.2, 0) is 28.6 Å². The Labute approximate surface area is 390 Å². The van der Waals surface area contributed by atoms with Gasteiger partial charge in [-0.15, -0.1) is 0 Å². The van der Waals surface area contributed by atoms with Gasteiger partial charge in [-0.25, -0.2) is 0 Å². The summed E-state index contributed by atoms with van der Waals surface area (Å²) in [5.41, 5.74) is 0. The summed E-state index contributed by atoms with van der Waals surface area (Å²) in [7, 11) is 0. The second-order valence-electron chi connectivity index (χ2n) is 18.1. The second kappa shape index (κ2) is 52.0. The molecule has 0 aromatic carbocycles. The van der Waals surface area contributed by atoms with Crippen molar-refractivity contribution in [1.82, 2.24) is 0 Å². The number of esters is 3. The highest BCUT2D eigenvalue weighted by Crippen LogP contribution is 2.15. The molecule has 6 nitrogen and oxygen atoms in total. The zero-order valence-corrected chi connectivity index (χ0v) is 41.8. The summed E-state index contributed by atoms with van der Waals surface area (Å²) >= 11 is 0. The van der Waals surface area contributed by atoms with Crippen molar-refractivity contribution in [3.8, 4) is 0 Å². The van der Waals surface area contributed by atoms with Crippen LogP contribution in [0.1, 0.15) is 278 Å². The highest BCUT2D eigenvalue weighted by atomic mass is 16.6. The number of hydrogen-bond donors (Lipinski definition) is 0. The lowest BCUT2D eigenvalue weighted by Crippen LogP contribution is -2.30. The maximum atomic E-state index is 12.8. The summed E-state index contributed by atoms with van der Waals surface area (Å²) in [4.78, 5) is 37.9. The molecule has 0 rings (SSSR count). The van der Waals surface area contributed by atoms with Crippen molar-refractivity contribution in [3.05, 3.63) is 48.6 Å². The first-order valence-corrected chi connectivity index (χ1v) is 27.1. The minimum absolute atomic E-state index is 0.0783. The Kier molecular flexibility index (Phi) is 49.8. The van der Waals surface area contributed by atoms with Gasteiger partial charge in [0.15, 0.2) is 6.10 Å². The molecule has 366 valence electrons. The third-order valence-electron chi connectivity index (χ3n) is 11.8. The summed E-state index contributed by atoms with van der Waals surface area (Å²) in [5, 5.41) is 0. The maximum absolute atomic E-state index is 12.8. The molecule has 1 atom stereocenters. The first kappa shape index (κ1) is 60.4. The van der Waals surface area contributed by atoms with Crippen molar-refractivity contribution >= 4 is 17.9 Å². The molecule has 0 spiro atoms. The van der Waals surface area contributed by atoms with Gasteiger partial charge in [0, 0.05) is 19.3 Å². The lowest BCUT2D eigenvalue weighted by Gasteiger charge is -2.18. The predicted molar refractivity (Wildman–Crippen MR) is 270 cm³/mol. The molecule has 63 heavy (non-hydrogen) atoms. The first-order valence-electron chi connectivity index (χ1n) is 27.1. The molecule has 0 saturated heterocycles. The van der Waals surface area contributed by atoms with Crippen LogP contribution < -0.4 is 0 Å². The molecule has 0 aromatic heterocycles. The van der Waals surface area contributed by atoms with Gasteiger partial charge < -0.3 is 14.2 Å². The predicted octanol–water partition coefficient (Wildman–Crippen LogP) is 17.9. The van der Waals surface area contributed by atoms with E-state index in [2.05, 4.69) is 69.4 Å². The largest absolute Gasteiger partial charge is 0.462 e. The Morgan fingerprint density at radius 2 is 0.571 bits per heavy atom. The van der Waals surface area contributed by atoms with Crippen molar-refractivity contribution in [1.29, 1.82) is 0 Å². The molecule has 0 heterocycles. The van der Waals surface area contributed by atoms with Gasteiger partial charge >= 0.3 is 17.9 Å². The van der Waals surface area contributed by atoms with E-state index in [1.54, 1.807) is 0 Å². The van der Waals surface area contributed by atoms with Crippen molar-refractivity contribution in [3.63, 3.8) is 0 Å². The highest BCUT2D eigenvalue weighted by molar-refractivity contribution is 5.71. The molecule has 0 aliphatic rings. The first-order chi connectivity index (χ1) is 31.0. The summed E-state index contributed by atoms with van der Waals surface area (Å²) in [5.74, 6) is -0.891. The average molecular weight is 883 g/mol. The zero-order chi connectivity index (χ0) is 45.8. The summed E-state index contributed by atoms with van der Waals surface area (Å²) in [6, 6.07) is 0. The maximum Gasteiger partial charge on any atom is 0.306 e. The number of rotatable bonds is 49. The standard InChI is InChI=1S/C57H102O6/c1-4-7-10-13-16-19-21-23-25-26-27-28-29-30-32-33-35-38-41-44-47-50-56(59)62-53-54(52-61-55(58)49-46-43-40-37-18-15-12-9-6-3)63-57(60)51-48-45-42-39-36-34-31-24-22-20-17-14-11-8-5-2/h17,20-21,23-24,26-27,31,54H,4-16,18-19,22,25,28-30,32-53H2,1-3H3/b20-17-,23-21-,27-26-,31-24-. The SMILES string of the molecule is CCCCC/C=C\C/C=C\CCCCCCCC(=O)OC(COC(=O)CCCCCCCCCCC)COC(=O)CCCCCCCCCCC/C=C\C/C=C\CCCCCCC. The molecule has 0 aliphatic heterocycles. The van der Waals surface area contributed by atoms with Crippen LogP contribution >= 0.6 is 0 Å². The van der Waals surface area contributed by atoms with Gasteiger partial charge in [-0.1, -0.05) is 223 Å². The van der Waals surface area contributed by atoms with Crippen molar-refractivity contribution < 1.29 is 28.6 Å². The molecule has 0 amide bonds. The molecular weight excluding hydrogens is 781 g/mol. The fourth-order valence-electron chi connectivity index (χ4n) is 7.68. The van der Waals surface area contributed by atoms with Crippen LogP contribution in [0.2, 0.25) is 0 Å². The van der Waals surface area contributed by atoms with Crippen LogP contribution in [-0.4, -0.2) is 37.2 Å². The number of ether oxygens (including phenoxy) is 3. The van der Waals surface area contributed by atoms with Crippen LogP contribution in [0.5, 0.6) is 0 Å². The molecule has 0 fully saturated rings. The van der Waals surface area contributed by atoms with E-state index in [0.29, 0.717) is 19.3 Å². The molecular formula is C57H102O6. The van der Waals surface area contributed by atoms with Crippen molar-refractivity contribution in [2.24, 2.45) is 0 Å². The topological polar surface area (TPSA) is 78.9 Å². The number of allylic oxidation sites excluding steroid dienone is 8. The second-order valence-corrected chi connectivity index (χ2v) is 18.1. The van der Waals surface area contributed by atoms with Gasteiger partial charge in [-0.3, -0.25) is 14.4 Å². The Balaban J connectivity index is 4.28. The molecule has 0 aliphatic carbocycles. The minimum atomic E-state index is -0.778. The van der Waals surface area contributed by atoms with Gasteiger partial charge in [0.1, 0.15) is 13.2 Å². The van der Waals surface area contributed by atoms with Gasteiger partial charge in [-0.2, -0.15) is 0 Å². The monoisotopic (exact) mass is 883 g/mol. The summed E-state index contributed by atoms with van der Waals surface area (Å²) in [6.07, 6.45) is 62.4. The normalized spacial score (nSPS) is 12.4. The third-order valence-corrected chi connectivity index (χ3v) is 11.8. The van der Waals surface area contributed by atoms with Crippen LogP contribution in [0.15, 0.2) is 48.6 Å². The Morgan fingerprint density at radius 3 is 0.905 bits per heavy atom. The summed E-state index contributed by atoms with van der Waals surface area (Å²) in [6.45, 7) is 6.58. The van der Waals surface area contributed by atoms with Gasteiger partial charge in [0.05, 0.1) is 0 Å². The Morgan fingerprint density at radius 1 is 0.317 bits per heavy atom. The quantitative estimate of drug-likeness (QED) is 0.0262. The van der Waals surface area contributed by atoms with E-state index in [9.17, 15) is 14.4 Å². The van der Waals surface area contributed by atoms with Crippen LogP contribution in [0, 0.1) is 0 Å². The van der Waals surface area contributed by atoms with Gasteiger partial charge in [0.25, 0.3) is 0 Å². The van der Waals surface area contributed by atoms with Crippen LogP contribution in [0.25, 0.3) is 0 Å². The lowest BCUT2D eigenvalue weighted by molar-refractivity contribution is -0.167. The van der Waals surface area contributed by atoms with E-state index in [1.807, 2.05) is 0 Å². The number of hydrogen-bond acceptors (Lipinski definition) is 6. The van der Waals surface area contributed by atoms with E-state index in [4.69, 9.17) is 14.2 Å². The molecule has 6 heteroatoms. The van der Waals surface area contributed by atoms with Crippen molar-refractivity contribution in [2.45, 2.75) is 284 Å². The van der Waals surface area contributed by atoms with E-state index in [0.717, 1.165) is 89.9 Å². The van der Waals surface area contributed by atoms with Gasteiger partial charge in [0.2, 0.25) is 0 Å². The fraction of sp³-hybridized carbons (Fsp3) is 0.807. The molecule has 0 saturated carbocycles. The summed E-state index contributed by atoms with van der Waals surface area (Å²) < 4.78 is 16.8. The average Bonchev–Trinajstić information content (AvgIpc) is 3.28. The smallest absolute Gasteiger partial charge is 0.306 e. The van der Waals surface area contributed by atoms with E-state index < -0.39 is 6.10 Å². The lowest BCUT2D eigenvalue weighted by atomic mass is 10.1. The number of carbonyl (C=O) groups excluding carboxylic acids is 3. The molecule has 0 N–H and O–H groups in total. The van der Waals surface area contributed by atoms with Crippen molar-refractivity contribution in [2.75, 3.05) is 13.2 Å². The van der Waals surface area contributed by atoms with Crippen LogP contribution in [0.3, 0.4) is 0 Å². The Bertz CT molecular complexity index is 1110. The number of unbranched alkanes of at least 4 members (excludes halogenated alkanes) is 30.